The van der Waals surface area contributed by atoms with E-state index in [0.29, 0.717) is 22.6 Å². The number of aromatic nitrogens is 1. The highest BCUT2D eigenvalue weighted by molar-refractivity contribution is 9.10. The van der Waals surface area contributed by atoms with Crippen molar-refractivity contribution in [2.24, 2.45) is 0 Å². The number of hydrogen-bond donors (Lipinski definition) is 0. The van der Waals surface area contributed by atoms with Crippen molar-refractivity contribution >= 4 is 33.6 Å². The van der Waals surface area contributed by atoms with Crippen LogP contribution in [0.1, 0.15) is 26.3 Å². The number of pyridine rings is 1. The maximum Gasteiger partial charge on any atom is 0.231 e. The molecule has 0 aliphatic carbocycles. The highest BCUT2D eigenvalue weighted by Gasteiger charge is 2.27. The molecule has 2 aromatic carbocycles. The molecule has 0 radical (unpaired) electrons. The van der Waals surface area contributed by atoms with Gasteiger partial charge < -0.3 is 9.47 Å². The number of carbonyl (C=O) groups is 2. The minimum atomic E-state index is -0.198. The van der Waals surface area contributed by atoms with Gasteiger partial charge in [-0.25, -0.2) is 0 Å². The molecule has 4 rings (SSSR count). The molecule has 2 heterocycles. The normalized spacial score (nSPS) is 13.9. The standard InChI is InChI=1S/C22H14BrNO4/c23-16-5-3-15(4-6-16)19(25)13-27-17-7-8-18-20(11-17)28-21(22(18)26)10-14-2-1-9-24-12-14/h1-12H,13H2. The van der Waals surface area contributed by atoms with Crippen LogP contribution in [0.25, 0.3) is 6.08 Å². The Bertz CT molecular complexity index is 1080. The first-order chi connectivity index (χ1) is 13.6. The summed E-state index contributed by atoms with van der Waals surface area (Å²) in [6, 6.07) is 15.6. The third-order valence-corrected chi connectivity index (χ3v) is 4.69. The molecule has 5 nitrogen and oxygen atoms in total. The average Bonchev–Trinajstić information content (AvgIpc) is 3.02. The van der Waals surface area contributed by atoms with Crippen LogP contribution in [-0.4, -0.2) is 23.2 Å². The first-order valence-electron chi connectivity index (χ1n) is 8.50. The van der Waals surface area contributed by atoms with E-state index in [9.17, 15) is 9.59 Å². The second-order valence-electron chi connectivity index (χ2n) is 6.10. The molecule has 1 aliphatic heterocycles. The van der Waals surface area contributed by atoms with Crippen molar-refractivity contribution < 1.29 is 19.1 Å². The zero-order chi connectivity index (χ0) is 19.5. The van der Waals surface area contributed by atoms with Gasteiger partial charge in [0.2, 0.25) is 5.78 Å². The number of allylic oxidation sites excluding steroid dienone is 1. The molecule has 0 atom stereocenters. The van der Waals surface area contributed by atoms with Crippen molar-refractivity contribution in [1.82, 2.24) is 4.98 Å². The van der Waals surface area contributed by atoms with Gasteiger partial charge in [-0.2, -0.15) is 0 Å². The predicted molar refractivity (Wildman–Crippen MR) is 108 cm³/mol. The number of nitrogens with zero attached hydrogens (tertiary/aromatic N) is 1. The molecule has 1 aliphatic rings. The molecule has 6 heteroatoms. The molecule has 0 spiro atoms. The Morgan fingerprint density at radius 1 is 1.14 bits per heavy atom. The van der Waals surface area contributed by atoms with Crippen LogP contribution < -0.4 is 9.47 Å². The Hall–Kier alpha value is -3.25. The minimum absolute atomic E-state index is 0.104. The molecule has 0 amide bonds. The number of ether oxygens (including phenoxy) is 2. The molecular weight excluding hydrogens is 422 g/mol. The summed E-state index contributed by atoms with van der Waals surface area (Å²) in [7, 11) is 0. The van der Waals surface area contributed by atoms with E-state index in [-0.39, 0.29) is 23.9 Å². The van der Waals surface area contributed by atoms with Gasteiger partial charge in [-0.1, -0.05) is 34.1 Å². The largest absolute Gasteiger partial charge is 0.485 e. The second-order valence-corrected chi connectivity index (χ2v) is 7.02. The van der Waals surface area contributed by atoms with Crippen molar-refractivity contribution in [3.05, 3.63) is 93.9 Å². The summed E-state index contributed by atoms with van der Waals surface area (Å²) in [6.07, 6.45) is 4.95. The molecule has 0 N–H and O–H groups in total. The van der Waals surface area contributed by atoms with Crippen molar-refractivity contribution in [1.29, 1.82) is 0 Å². The number of halogens is 1. The quantitative estimate of drug-likeness (QED) is 0.428. The van der Waals surface area contributed by atoms with E-state index >= 15 is 0 Å². The van der Waals surface area contributed by atoms with E-state index in [0.717, 1.165) is 10.0 Å². The number of Topliss-reactive ketones (excluding diaryl/α,β-unsaturated/α-hetero) is 2. The molecule has 0 unspecified atom stereocenters. The lowest BCUT2D eigenvalue weighted by molar-refractivity contribution is 0.0921. The minimum Gasteiger partial charge on any atom is -0.485 e. The Morgan fingerprint density at radius 2 is 1.96 bits per heavy atom. The average molecular weight is 436 g/mol. The zero-order valence-corrected chi connectivity index (χ0v) is 16.2. The van der Waals surface area contributed by atoms with Gasteiger partial charge in [-0.15, -0.1) is 0 Å². The Labute approximate surface area is 169 Å². The molecule has 0 saturated carbocycles. The third-order valence-electron chi connectivity index (χ3n) is 4.16. The molecule has 138 valence electrons. The topological polar surface area (TPSA) is 65.5 Å². The molecule has 28 heavy (non-hydrogen) atoms. The summed E-state index contributed by atoms with van der Waals surface area (Å²) in [5.74, 6) is 0.762. The number of fused-ring (bicyclic) bond motifs is 1. The van der Waals surface area contributed by atoms with Crippen molar-refractivity contribution in [3.8, 4) is 11.5 Å². The van der Waals surface area contributed by atoms with Crippen LogP contribution in [0.3, 0.4) is 0 Å². The number of benzene rings is 2. The van der Waals surface area contributed by atoms with E-state index in [1.807, 2.05) is 6.07 Å². The van der Waals surface area contributed by atoms with E-state index in [1.54, 1.807) is 67.0 Å². The highest BCUT2D eigenvalue weighted by atomic mass is 79.9. The Kier molecular flexibility index (Phi) is 5.04. The molecule has 0 fully saturated rings. The van der Waals surface area contributed by atoms with Gasteiger partial charge in [0.1, 0.15) is 11.5 Å². The van der Waals surface area contributed by atoms with E-state index in [2.05, 4.69) is 20.9 Å². The van der Waals surface area contributed by atoms with Crippen LogP contribution in [-0.2, 0) is 0 Å². The maximum absolute atomic E-state index is 12.5. The van der Waals surface area contributed by atoms with Gasteiger partial charge in [0, 0.05) is 28.5 Å². The first-order valence-corrected chi connectivity index (χ1v) is 9.29. The fourth-order valence-corrected chi connectivity index (χ4v) is 3.00. The summed E-state index contributed by atoms with van der Waals surface area (Å²) in [6.45, 7) is -0.104. The fourth-order valence-electron chi connectivity index (χ4n) is 2.74. The molecule has 3 aromatic rings. The van der Waals surface area contributed by atoms with Gasteiger partial charge in [-0.3, -0.25) is 14.6 Å². The Morgan fingerprint density at radius 3 is 2.71 bits per heavy atom. The van der Waals surface area contributed by atoms with Crippen LogP contribution in [0.2, 0.25) is 0 Å². The van der Waals surface area contributed by atoms with Crippen molar-refractivity contribution in [2.75, 3.05) is 6.61 Å². The lowest BCUT2D eigenvalue weighted by Gasteiger charge is -2.07. The monoisotopic (exact) mass is 435 g/mol. The fraction of sp³-hybridized carbons (Fsp3) is 0.0455. The van der Waals surface area contributed by atoms with Crippen LogP contribution in [0.15, 0.2) is 77.2 Å². The molecular formula is C22H14BrNO4. The van der Waals surface area contributed by atoms with Gasteiger partial charge >= 0.3 is 0 Å². The highest BCUT2D eigenvalue weighted by Crippen LogP contribution is 2.34. The molecule has 0 bridgehead atoms. The zero-order valence-electron chi connectivity index (χ0n) is 14.6. The summed E-state index contributed by atoms with van der Waals surface area (Å²) in [4.78, 5) is 28.7. The lowest BCUT2D eigenvalue weighted by atomic mass is 10.1. The van der Waals surface area contributed by atoms with Crippen molar-refractivity contribution in [2.45, 2.75) is 0 Å². The smallest absolute Gasteiger partial charge is 0.231 e. The first kappa shape index (κ1) is 18.1. The van der Waals surface area contributed by atoms with Crippen LogP contribution in [0.5, 0.6) is 11.5 Å². The van der Waals surface area contributed by atoms with Crippen LogP contribution in [0, 0.1) is 0 Å². The number of ketones is 2. The van der Waals surface area contributed by atoms with Gasteiger partial charge in [0.15, 0.2) is 18.1 Å². The number of rotatable bonds is 5. The van der Waals surface area contributed by atoms with Crippen LogP contribution >= 0.6 is 15.9 Å². The van der Waals surface area contributed by atoms with E-state index in [1.165, 1.54) is 0 Å². The summed E-state index contributed by atoms with van der Waals surface area (Å²) in [5, 5.41) is 0. The van der Waals surface area contributed by atoms with Gasteiger partial charge in [0.25, 0.3) is 0 Å². The number of carbonyl (C=O) groups excluding carboxylic acids is 2. The molecule has 0 saturated heterocycles. The predicted octanol–water partition coefficient (Wildman–Crippen LogP) is 4.72. The third kappa shape index (κ3) is 3.87. The summed E-state index contributed by atoms with van der Waals surface area (Å²) >= 11 is 3.34. The van der Waals surface area contributed by atoms with Crippen molar-refractivity contribution in [3.63, 3.8) is 0 Å². The molecule has 1 aromatic heterocycles. The van der Waals surface area contributed by atoms with E-state index < -0.39 is 0 Å². The lowest BCUT2D eigenvalue weighted by Crippen LogP contribution is -2.11. The second kappa shape index (κ2) is 7.78. The number of hydrogen-bond acceptors (Lipinski definition) is 5. The van der Waals surface area contributed by atoms with E-state index in [4.69, 9.17) is 9.47 Å². The summed E-state index contributed by atoms with van der Waals surface area (Å²) < 4.78 is 12.2. The van der Waals surface area contributed by atoms with Gasteiger partial charge in [0.05, 0.1) is 5.56 Å². The Balaban J connectivity index is 1.46. The van der Waals surface area contributed by atoms with Gasteiger partial charge in [-0.05, 0) is 42.0 Å². The SMILES string of the molecule is O=C(COc1ccc2c(c1)OC(=Cc1cccnc1)C2=O)c1ccc(Br)cc1. The summed E-state index contributed by atoms with van der Waals surface area (Å²) in [5.41, 5.74) is 1.80. The van der Waals surface area contributed by atoms with Crippen LogP contribution in [0.4, 0.5) is 0 Å². The maximum atomic E-state index is 12.5.